The van der Waals surface area contributed by atoms with Crippen molar-refractivity contribution in [2.24, 2.45) is 4.99 Å². The van der Waals surface area contributed by atoms with Gasteiger partial charge in [-0.05, 0) is 29.7 Å². The van der Waals surface area contributed by atoms with Gasteiger partial charge in [0.25, 0.3) is 0 Å². The maximum atomic E-state index is 13.1. The molecule has 0 fully saturated rings. The molecular formula is C17H12F5N3O. The van der Waals surface area contributed by atoms with E-state index in [2.05, 4.69) is 14.7 Å². The van der Waals surface area contributed by atoms with Gasteiger partial charge in [0.2, 0.25) is 0 Å². The van der Waals surface area contributed by atoms with E-state index >= 15 is 0 Å². The molecule has 1 unspecified atom stereocenters. The highest BCUT2D eigenvalue weighted by molar-refractivity contribution is 6.00. The standard InChI is InChI=1S/C17H12F5N3O/c18-15(19)26-13-6-11(17(20,21)22)8-25-9-16(24-14(13)25)4-1-2-10-7-23-5-3-12(10)16/h1-3,5-8,15H,4,9H2. The molecule has 0 amide bonds. The monoisotopic (exact) mass is 369 g/mol. The number of aromatic nitrogens is 1. The maximum Gasteiger partial charge on any atom is 0.417 e. The number of hydrogen-bond donors (Lipinski definition) is 0. The van der Waals surface area contributed by atoms with Gasteiger partial charge in [-0.25, -0.2) is 0 Å². The van der Waals surface area contributed by atoms with Gasteiger partial charge in [0.15, 0.2) is 11.6 Å². The summed E-state index contributed by atoms with van der Waals surface area (Å²) in [4.78, 5) is 9.78. The first kappa shape index (κ1) is 16.7. The number of pyridine rings is 1. The minimum Gasteiger partial charge on any atom is -0.431 e. The average Bonchev–Trinajstić information content (AvgIpc) is 2.93. The van der Waals surface area contributed by atoms with Crippen molar-refractivity contribution in [2.45, 2.75) is 24.7 Å². The van der Waals surface area contributed by atoms with Gasteiger partial charge in [-0.1, -0.05) is 12.2 Å². The van der Waals surface area contributed by atoms with Crippen LogP contribution in [0.25, 0.3) is 6.08 Å². The van der Waals surface area contributed by atoms with Crippen LogP contribution in [0, 0.1) is 0 Å². The van der Waals surface area contributed by atoms with E-state index in [1.807, 2.05) is 12.2 Å². The smallest absolute Gasteiger partial charge is 0.417 e. The molecule has 3 aliphatic rings. The number of hydrogen-bond acceptors (Lipinski definition) is 4. The molecule has 2 aliphatic heterocycles. The van der Waals surface area contributed by atoms with Crippen molar-refractivity contribution in [2.75, 3.05) is 6.54 Å². The molecule has 136 valence electrons. The number of nitrogens with zero attached hydrogens (tertiary/aromatic N) is 3. The summed E-state index contributed by atoms with van der Waals surface area (Å²) in [5.74, 6) is -0.617. The van der Waals surface area contributed by atoms with Gasteiger partial charge in [-0.15, -0.1) is 0 Å². The van der Waals surface area contributed by atoms with Gasteiger partial charge >= 0.3 is 12.8 Å². The van der Waals surface area contributed by atoms with E-state index < -0.39 is 29.7 Å². The Morgan fingerprint density at radius 1 is 1.27 bits per heavy atom. The molecule has 1 aromatic rings. The third kappa shape index (κ3) is 2.67. The fraction of sp³-hybridized carbons (Fsp3) is 0.294. The van der Waals surface area contributed by atoms with Crippen LogP contribution in [0.2, 0.25) is 0 Å². The molecule has 1 aromatic heterocycles. The molecular weight excluding hydrogens is 357 g/mol. The van der Waals surface area contributed by atoms with Crippen molar-refractivity contribution in [3.63, 3.8) is 0 Å². The lowest BCUT2D eigenvalue weighted by Gasteiger charge is -2.31. The zero-order chi connectivity index (χ0) is 18.5. The van der Waals surface area contributed by atoms with E-state index in [1.165, 1.54) is 4.90 Å². The van der Waals surface area contributed by atoms with Crippen molar-refractivity contribution in [1.29, 1.82) is 0 Å². The topological polar surface area (TPSA) is 37.7 Å². The van der Waals surface area contributed by atoms with E-state index in [1.54, 1.807) is 18.5 Å². The molecule has 1 spiro atoms. The van der Waals surface area contributed by atoms with Crippen LogP contribution in [0.4, 0.5) is 22.0 Å². The first-order valence-electron chi connectivity index (χ1n) is 7.72. The van der Waals surface area contributed by atoms with Crippen molar-refractivity contribution in [1.82, 2.24) is 9.88 Å². The van der Waals surface area contributed by atoms with E-state index in [-0.39, 0.29) is 12.4 Å². The van der Waals surface area contributed by atoms with E-state index in [0.717, 1.165) is 17.3 Å². The highest BCUT2D eigenvalue weighted by Crippen LogP contribution is 2.44. The Bertz CT molecular complexity index is 871. The van der Waals surface area contributed by atoms with Crippen LogP contribution in [0.1, 0.15) is 17.5 Å². The molecule has 26 heavy (non-hydrogen) atoms. The minimum atomic E-state index is -4.69. The van der Waals surface area contributed by atoms with Crippen molar-refractivity contribution >= 4 is 11.9 Å². The van der Waals surface area contributed by atoms with Crippen LogP contribution >= 0.6 is 0 Å². The average molecular weight is 369 g/mol. The molecule has 0 bridgehead atoms. The van der Waals surface area contributed by atoms with Gasteiger partial charge in [0, 0.05) is 18.6 Å². The zero-order valence-corrected chi connectivity index (χ0v) is 13.2. The minimum absolute atomic E-state index is 0.0311. The van der Waals surface area contributed by atoms with Gasteiger partial charge in [-0.2, -0.15) is 22.0 Å². The van der Waals surface area contributed by atoms with Crippen LogP contribution in [0.15, 0.2) is 53.1 Å². The second-order valence-electron chi connectivity index (χ2n) is 6.13. The number of alkyl halides is 5. The summed E-state index contributed by atoms with van der Waals surface area (Å²) < 4.78 is 69.2. The molecule has 0 radical (unpaired) electrons. The van der Waals surface area contributed by atoms with Gasteiger partial charge in [0.05, 0.1) is 12.1 Å². The lowest BCUT2D eigenvalue weighted by molar-refractivity contribution is -0.0981. The molecule has 0 N–H and O–H groups in total. The van der Waals surface area contributed by atoms with Crippen LogP contribution < -0.4 is 0 Å². The number of fused-ring (bicyclic) bond motifs is 3. The van der Waals surface area contributed by atoms with Crippen molar-refractivity contribution in [3.8, 4) is 0 Å². The maximum absolute atomic E-state index is 13.1. The third-order valence-electron chi connectivity index (χ3n) is 4.48. The molecule has 4 rings (SSSR count). The second-order valence-corrected chi connectivity index (χ2v) is 6.13. The molecule has 0 aromatic carbocycles. The molecule has 4 nitrogen and oxygen atoms in total. The van der Waals surface area contributed by atoms with E-state index in [9.17, 15) is 22.0 Å². The summed E-state index contributed by atoms with van der Waals surface area (Å²) >= 11 is 0. The van der Waals surface area contributed by atoms with Gasteiger partial charge < -0.3 is 9.64 Å². The Balaban J connectivity index is 1.81. The van der Waals surface area contributed by atoms with Crippen LogP contribution in [-0.2, 0) is 10.3 Å². The quantitative estimate of drug-likeness (QED) is 0.740. The predicted octanol–water partition coefficient (Wildman–Crippen LogP) is 3.99. The molecule has 9 heteroatoms. The van der Waals surface area contributed by atoms with Crippen molar-refractivity contribution < 1.29 is 26.7 Å². The third-order valence-corrected chi connectivity index (χ3v) is 4.48. The Kier molecular flexibility index (Phi) is 3.64. The summed E-state index contributed by atoms with van der Waals surface area (Å²) in [5.41, 5.74) is -0.353. The Labute approximate surface area is 145 Å². The SMILES string of the molecule is FC(F)OC1=CC(C(F)(F)F)=CN2CC3(CC=Cc4cnccc43)N=C12. The molecule has 1 aliphatic carbocycles. The Morgan fingerprint density at radius 3 is 2.81 bits per heavy atom. The van der Waals surface area contributed by atoms with Crippen LogP contribution in [0.5, 0.6) is 0 Å². The predicted molar refractivity (Wildman–Crippen MR) is 83.0 cm³/mol. The van der Waals surface area contributed by atoms with Gasteiger partial charge in [0.1, 0.15) is 5.54 Å². The fourth-order valence-electron chi connectivity index (χ4n) is 3.42. The number of halogens is 5. The highest BCUT2D eigenvalue weighted by Gasteiger charge is 2.46. The summed E-state index contributed by atoms with van der Waals surface area (Å²) in [7, 11) is 0. The van der Waals surface area contributed by atoms with E-state index in [4.69, 9.17) is 0 Å². The lowest BCUT2D eigenvalue weighted by atomic mass is 9.81. The molecule has 0 saturated carbocycles. The number of amidine groups is 1. The van der Waals surface area contributed by atoms with Crippen molar-refractivity contribution in [3.05, 3.63) is 59.3 Å². The number of allylic oxidation sites excluding steroid dienone is 2. The van der Waals surface area contributed by atoms with Crippen LogP contribution in [0.3, 0.4) is 0 Å². The number of ether oxygens (including phenoxy) is 1. The first-order valence-corrected chi connectivity index (χ1v) is 7.72. The fourth-order valence-corrected chi connectivity index (χ4v) is 3.42. The molecule has 1 atom stereocenters. The number of aliphatic imine (C=N–C) groups is 1. The summed E-state index contributed by atoms with van der Waals surface area (Å²) in [5, 5.41) is 0. The first-order chi connectivity index (χ1) is 12.3. The Morgan fingerprint density at radius 2 is 2.08 bits per heavy atom. The number of rotatable bonds is 2. The summed E-state index contributed by atoms with van der Waals surface area (Å²) in [6.07, 6.45) is 4.09. The van der Waals surface area contributed by atoms with Crippen LogP contribution in [-0.4, -0.2) is 35.1 Å². The summed E-state index contributed by atoms with van der Waals surface area (Å²) in [6, 6.07) is 1.74. The Hall–Kier alpha value is -2.71. The zero-order valence-electron chi connectivity index (χ0n) is 13.2. The molecule has 0 saturated heterocycles. The summed E-state index contributed by atoms with van der Waals surface area (Å²) in [6.45, 7) is -3.16. The van der Waals surface area contributed by atoms with E-state index in [0.29, 0.717) is 12.5 Å². The lowest BCUT2D eigenvalue weighted by Crippen LogP contribution is -2.35. The largest absolute Gasteiger partial charge is 0.431 e. The second kappa shape index (κ2) is 5.65. The molecule has 3 heterocycles. The normalized spacial score (nSPS) is 24.2. The van der Waals surface area contributed by atoms with Gasteiger partial charge in [-0.3, -0.25) is 9.98 Å². The highest BCUT2D eigenvalue weighted by atomic mass is 19.4.